The molecule has 4 aliphatic carbocycles. The fourth-order valence-corrected chi connectivity index (χ4v) is 7.24. The number of ether oxygens (including phenoxy) is 2. The smallest absolute Gasteiger partial charge is 0.316 e. The van der Waals surface area contributed by atoms with E-state index in [-0.39, 0.29) is 5.92 Å². The second kappa shape index (κ2) is 4.42. The molecule has 1 heterocycles. The number of methoxy groups -OCH3 is 1. The molecule has 6 heteroatoms. The molecule has 0 amide bonds. The summed E-state index contributed by atoms with van der Waals surface area (Å²) in [4.78, 5) is 25.8. The van der Waals surface area contributed by atoms with E-state index >= 15 is 0 Å². The Hall–Kier alpha value is -1.66. The van der Waals surface area contributed by atoms with Crippen LogP contribution in [-0.2, 0) is 19.1 Å². The first-order valence-electron chi connectivity index (χ1n) is 9.25. The van der Waals surface area contributed by atoms with Gasteiger partial charge in [0.15, 0.2) is 0 Å². The predicted molar refractivity (Wildman–Crippen MR) is 89.6 cm³/mol. The third kappa shape index (κ3) is 1.43. The summed E-state index contributed by atoms with van der Waals surface area (Å²) in [5, 5.41) is 21.7. The number of fused-ring (bicyclic) bond motifs is 1. The molecule has 140 valence electrons. The van der Waals surface area contributed by atoms with Crippen molar-refractivity contribution in [2.45, 2.75) is 49.9 Å². The summed E-state index contributed by atoms with van der Waals surface area (Å²) in [5.74, 6) is -2.08. The molecule has 0 radical (unpaired) electrons. The fourth-order valence-electron chi connectivity index (χ4n) is 7.24. The number of hydrogen-bond donors (Lipinski definition) is 2. The van der Waals surface area contributed by atoms with Crippen LogP contribution in [0.25, 0.3) is 0 Å². The van der Waals surface area contributed by atoms with Crippen molar-refractivity contribution in [1.82, 2.24) is 0 Å². The average molecular weight is 360 g/mol. The summed E-state index contributed by atoms with van der Waals surface area (Å²) < 4.78 is 11.1. The van der Waals surface area contributed by atoms with Gasteiger partial charge < -0.3 is 19.7 Å². The monoisotopic (exact) mass is 360 g/mol. The van der Waals surface area contributed by atoms with Gasteiger partial charge in [-0.3, -0.25) is 9.59 Å². The van der Waals surface area contributed by atoms with Crippen LogP contribution in [0.2, 0.25) is 0 Å². The largest absolute Gasteiger partial charge is 0.469 e. The standard InChI is InChI=1S/C20H24O6/c1-10-8-18-9-19(10,24)6-4-11(18)20-7-5-12(21)17(2,16(23)26-20)14(20)13(18)15(22)25-3/h5,7,11-14,21,24H,1,4,6,8-9H2,2-3H3/t11-,12+,13-,14-,17+,18-,19-,20+/m1/s1. The quantitative estimate of drug-likeness (QED) is 0.538. The molecule has 26 heavy (non-hydrogen) atoms. The van der Waals surface area contributed by atoms with Crippen molar-refractivity contribution in [3.05, 3.63) is 24.3 Å². The van der Waals surface area contributed by atoms with Crippen molar-refractivity contribution < 1.29 is 29.3 Å². The van der Waals surface area contributed by atoms with Crippen LogP contribution in [0, 0.1) is 28.6 Å². The Morgan fingerprint density at radius 1 is 1.46 bits per heavy atom. The molecule has 4 fully saturated rings. The van der Waals surface area contributed by atoms with Crippen molar-refractivity contribution in [2.75, 3.05) is 7.11 Å². The van der Waals surface area contributed by atoms with Gasteiger partial charge in [-0.1, -0.05) is 12.7 Å². The van der Waals surface area contributed by atoms with Gasteiger partial charge in [-0.05, 0) is 49.7 Å². The summed E-state index contributed by atoms with van der Waals surface area (Å²) in [5.41, 5.74) is -2.89. The van der Waals surface area contributed by atoms with E-state index in [1.54, 1.807) is 19.1 Å². The average Bonchev–Trinajstić information content (AvgIpc) is 3.02. The maximum Gasteiger partial charge on any atom is 0.316 e. The van der Waals surface area contributed by atoms with Gasteiger partial charge in [-0.2, -0.15) is 0 Å². The van der Waals surface area contributed by atoms with Crippen LogP contribution in [0.3, 0.4) is 0 Å². The first kappa shape index (κ1) is 16.5. The van der Waals surface area contributed by atoms with E-state index in [1.807, 2.05) is 0 Å². The lowest BCUT2D eigenvalue weighted by Crippen LogP contribution is -2.50. The number of esters is 2. The molecule has 5 aliphatic rings. The fraction of sp³-hybridized carbons (Fsp3) is 0.700. The van der Waals surface area contributed by atoms with E-state index in [2.05, 4.69) is 6.58 Å². The van der Waals surface area contributed by atoms with Crippen LogP contribution < -0.4 is 0 Å². The van der Waals surface area contributed by atoms with Gasteiger partial charge in [-0.25, -0.2) is 0 Å². The topological polar surface area (TPSA) is 93.1 Å². The van der Waals surface area contributed by atoms with Gasteiger partial charge in [0.1, 0.15) is 11.0 Å². The van der Waals surface area contributed by atoms with E-state index in [0.29, 0.717) is 25.7 Å². The van der Waals surface area contributed by atoms with Gasteiger partial charge in [0.25, 0.3) is 0 Å². The molecule has 0 aromatic heterocycles. The summed E-state index contributed by atoms with van der Waals surface area (Å²) in [6.07, 6.45) is 4.56. The van der Waals surface area contributed by atoms with Gasteiger partial charge in [0.05, 0.1) is 24.7 Å². The van der Waals surface area contributed by atoms with Gasteiger partial charge in [0, 0.05) is 11.8 Å². The van der Waals surface area contributed by atoms with Crippen LogP contribution in [-0.4, -0.2) is 46.6 Å². The predicted octanol–water partition coefficient (Wildman–Crippen LogP) is 1.12. The summed E-state index contributed by atoms with van der Waals surface area (Å²) in [7, 11) is 1.35. The Labute approximate surface area is 151 Å². The molecule has 4 bridgehead atoms. The molecule has 0 aromatic rings. The van der Waals surface area contributed by atoms with Crippen molar-refractivity contribution in [2.24, 2.45) is 28.6 Å². The van der Waals surface area contributed by atoms with Gasteiger partial charge in [0.2, 0.25) is 0 Å². The van der Waals surface area contributed by atoms with Crippen LogP contribution >= 0.6 is 0 Å². The third-order valence-electron chi connectivity index (χ3n) is 8.31. The zero-order chi connectivity index (χ0) is 18.7. The normalized spacial score (nSPS) is 56.2. The molecule has 2 N–H and O–H groups in total. The lowest BCUT2D eigenvalue weighted by Gasteiger charge is -2.44. The van der Waals surface area contributed by atoms with E-state index in [0.717, 1.165) is 5.57 Å². The van der Waals surface area contributed by atoms with E-state index in [4.69, 9.17) is 9.47 Å². The molecular formula is C20H24O6. The van der Waals surface area contributed by atoms with E-state index in [9.17, 15) is 19.8 Å². The first-order valence-corrected chi connectivity index (χ1v) is 9.25. The lowest BCUT2D eigenvalue weighted by atomic mass is 9.61. The highest BCUT2D eigenvalue weighted by atomic mass is 16.6. The van der Waals surface area contributed by atoms with E-state index in [1.165, 1.54) is 7.11 Å². The van der Waals surface area contributed by atoms with Crippen LogP contribution in [0.15, 0.2) is 24.3 Å². The summed E-state index contributed by atoms with van der Waals surface area (Å²) in [6, 6.07) is 0. The highest BCUT2D eigenvalue weighted by molar-refractivity contribution is 5.87. The zero-order valence-corrected chi connectivity index (χ0v) is 15.0. The SMILES string of the molecule is C=C1C[C@@]23C[C@]1(O)CC[C@H]2[C@]12C=C[C@H](O)[C@](C)(C(=O)O1)[C@H]2[C@@H]3C(=O)OC. The Bertz CT molecular complexity index is 787. The van der Waals surface area contributed by atoms with Gasteiger partial charge >= 0.3 is 11.9 Å². The Morgan fingerprint density at radius 2 is 2.19 bits per heavy atom. The maximum absolute atomic E-state index is 13.0. The van der Waals surface area contributed by atoms with Crippen molar-refractivity contribution in [3.63, 3.8) is 0 Å². The van der Waals surface area contributed by atoms with Crippen LogP contribution in [0.5, 0.6) is 0 Å². The van der Waals surface area contributed by atoms with Crippen molar-refractivity contribution in [1.29, 1.82) is 0 Å². The molecule has 0 aromatic carbocycles. The molecule has 1 spiro atoms. The molecular weight excluding hydrogens is 336 g/mol. The number of carbonyl (C=O) groups is 2. The second-order valence-electron chi connectivity index (χ2n) is 9.12. The molecule has 3 saturated carbocycles. The number of carbonyl (C=O) groups excluding carboxylic acids is 2. The molecule has 1 saturated heterocycles. The Kier molecular flexibility index (Phi) is 2.81. The molecule has 8 atom stereocenters. The third-order valence-corrected chi connectivity index (χ3v) is 8.31. The minimum Gasteiger partial charge on any atom is -0.469 e. The van der Waals surface area contributed by atoms with Crippen LogP contribution in [0.1, 0.15) is 32.6 Å². The molecule has 0 unspecified atom stereocenters. The molecule has 1 aliphatic heterocycles. The summed E-state index contributed by atoms with van der Waals surface area (Å²) >= 11 is 0. The highest BCUT2D eigenvalue weighted by Gasteiger charge is 2.83. The number of hydrogen-bond acceptors (Lipinski definition) is 6. The Morgan fingerprint density at radius 3 is 2.88 bits per heavy atom. The van der Waals surface area contributed by atoms with Crippen LogP contribution in [0.4, 0.5) is 0 Å². The molecule has 5 rings (SSSR count). The summed E-state index contributed by atoms with van der Waals surface area (Å²) in [6.45, 7) is 5.78. The highest BCUT2D eigenvalue weighted by Crippen LogP contribution is 2.77. The van der Waals surface area contributed by atoms with Crippen molar-refractivity contribution >= 4 is 11.9 Å². The van der Waals surface area contributed by atoms with E-state index < -0.39 is 51.9 Å². The zero-order valence-electron chi connectivity index (χ0n) is 15.0. The Balaban J connectivity index is 1.78. The lowest BCUT2D eigenvalue weighted by molar-refractivity contribution is -0.164. The number of aliphatic hydroxyl groups excluding tert-OH is 1. The minimum atomic E-state index is -1.19. The minimum absolute atomic E-state index is 0.0989. The maximum atomic E-state index is 13.0. The number of aliphatic hydroxyl groups is 2. The number of rotatable bonds is 1. The van der Waals surface area contributed by atoms with Gasteiger partial charge in [-0.15, -0.1) is 0 Å². The molecule has 6 nitrogen and oxygen atoms in total. The second-order valence-corrected chi connectivity index (χ2v) is 9.12. The van der Waals surface area contributed by atoms with Crippen molar-refractivity contribution in [3.8, 4) is 0 Å². The first-order chi connectivity index (χ1) is 12.2.